The van der Waals surface area contributed by atoms with Crippen LogP contribution in [0.25, 0.3) is 6.08 Å². The van der Waals surface area contributed by atoms with Crippen molar-refractivity contribution in [3.63, 3.8) is 0 Å². The van der Waals surface area contributed by atoms with E-state index in [0.717, 1.165) is 23.9 Å². The fourth-order valence-electron chi connectivity index (χ4n) is 3.64. The van der Waals surface area contributed by atoms with Crippen LogP contribution in [-0.4, -0.2) is 37.0 Å². The average Bonchev–Trinajstić information content (AvgIpc) is 3.19. The Morgan fingerprint density at radius 1 is 1.03 bits per heavy atom. The van der Waals surface area contributed by atoms with Crippen LogP contribution in [0, 0.1) is 0 Å². The standard InChI is InChI=1S/C27H21F3N2O5S2/c1-35-18-10-8-17(9-11-18)32-25(34)23(39-26(32)38)14-16-7-12-21(22(13-16)36-2)37-15-24(33)31-20-6-4-3-5-19(20)27(28,29)30/h3-14H,15H2,1-2H3,(H,31,33)/b23-14-. The predicted octanol–water partition coefficient (Wildman–Crippen LogP) is 6.15. The molecular formula is C27H21F3N2O5S2. The number of hydrogen-bond acceptors (Lipinski definition) is 7. The molecule has 3 aromatic rings. The van der Waals surface area contributed by atoms with E-state index >= 15 is 0 Å². The number of ether oxygens (including phenoxy) is 3. The van der Waals surface area contributed by atoms with Crippen molar-refractivity contribution in [3.8, 4) is 17.2 Å². The van der Waals surface area contributed by atoms with Crippen LogP contribution in [0.3, 0.4) is 0 Å². The van der Waals surface area contributed by atoms with Gasteiger partial charge in [-0.3, -0.25) is 14.5 Å². The summed E-state index contributed by atoms with van der Waals surface area (Å²) in [5, 5.41) is 2.22. The van der Waals surface area contributed by atoms with Gasteiger partial charge in [0.15, 0.2) is 22.4 Å². The smallest absolute Gasteiger partial charge is 0.418 e. The number of nitrogens with zero attached hydrogens (tertiary/aromatic N) is 1. The summed E-state index contributed by atoms with van der Waals surface area (Å²) in [7, 11) is 2.95. The van der Waals surface area contributed by atoms with Crippen LogP contribution in [0.4, 0.5) is 24.5 Å². The minimum Gasteiger partial charge on any atom is -0.497 e. The topological polar surface area (TPSA) is 77.1 Å². The number of para-hydroxylation sites is 1. The SMILES string of the molecule is COc1ccc(N2C(=O)/C(=C/c3ccc(OCC(=O)Nc4ccccc4C(F)(F)F)c(OC)c3)SC2=S)cc1. The zero-order chi connectivity index (χ0) is 28.2. The summed E-state index contributed by atoms with van der Waals surface area (Å²) in [6, 6.07) is 16.4. The fraction of sp³-hybridized carbons (Fsp3) is 0.148. The molecule has 1 fully saturated rings. The maximum absolute atomic E-state index is 13.2. The van der Waals surface area contributed by atoms with Gasteiger partial charge in [0, 0.05) is 0 Å². The van der Waals surface area contributed by atoms with Gasteiger partial charge in [-0.1, -0.05) is 42.2 Å². The van der Waals surface area contributed by atoms with Crippen molar-refractivity contribution in [1.82, 2.24) is 0 Å². The summed E-state index contributed by atoms with van der Waals surface area (Å²) < 4.78 is 55.9. The molecule has 7 nitrogen and oxygen atoms in total. The van der Waals surface area contributed by atoms with E-state index in [-0.39, 0.29) is 23.1 Å². The second-order valence-corrected chi connectivity index (χ2v) is 9.68. The van der Waals surface area contributed by atoms with E-state index in [0.29, 0.717) is 26.2 Å². The van der Waals surface area contributed by atoms with Crippen molar-refractivity contribution in [1.29, 1.82) is 0 Å². The van der Waals surface area contributed by atoms with Crippen LogP contribution < -0.4 is 24.4 Å². The first-order valence-electron chi connectivity index (χ1n) is 11.3. The van der Waals surface area contributed by atoms with E-state index in [2.05, 4.69) is 5.32 Å². The van der Waals surface area contributed by atoms with Crippen LogP contribution in [0.5, 0.6) is 17.2 Å². The lowest BCUT2D eigenvalue weighted by Gasteiger charge is -2.15. The number of anilines is 2. The number of hydrogen-bond donors (Lipinski definition) is 1. The van der Waals surface area contributed by atoms with Crippen LogP contribution in [-0.2, 0) is 15.8 Å². The second kappa shape index (κ2) is 11.8. The Morgan fingerprint density at radius 2 is 1.74 bits per heavy atom. The number of alkyl halides is 3. The summed E-state index contributed by atoms with van der Waals surface area (Å²) in [6.45, 7) is -0.553. The molecule has 1 heterocycles. The molecule has 0 saturated carbocycles. The lowest BCUT2D eigenvalue weighted by Crippen LogP contribution is -2.27. The quantitative estimate of drug-likeness (QED) is 0.256. The Hall–Kier alpha value is -4.03. The van der Waals surface area contributed by atoms with E-state index in [1.165, 1.54) is 30.2 Å². The Kier molecular flexibility index (Phi) is 8.46. The number of halogens is 3. The van der Waals surface area contributed by atoms with Crippen molar-refractivity contribution in [2.24, 2.45) is 0 Å². The monoisotopic (exact) mass is 574 g/mol. The summed E-state index contributed by atoms with van der Waals surface area (Å²) in [6.07, 6.45) is -2.97. The van der Waals surface area contributed by atoms with Gasteiger partial charge in [0.1, 0.15) is 5.75 Å². The van der Waals surface area contributed by atoms with Gasteiger partial charge in [0.25, 0.3) is 11.8 Å². The van der Waals surface area contributed by atoms with Gasteiger partial charge in [-0.05, 0) is 60.2 Å². The van der Waals surface area contributed by atoms with E-state index in [1.807, 2.05) is 0 Å². The molecule has 1 N–H and O–H groups in total. The number of thiocarbonyl (C=S) groups is 1. The molecule has 202 valence electrons. The summed E-state index contributed by atoms with van der Waals surface area (Å²) >= 11 is 6.56. The highest BCUT2D eigenvalue weighted by molar-refractivity contribution is 8.27. The van der Waals surface area contributed by atoms with Crippen molar-refractivity contribution >= 4 is 57.6 Å². The van der Waals surface area contributed by atoms with Gasteiger partial charge in [0.05, 0.1) is 36.1 Å². The Morgan fingerprint density at radius 3 is 2.41 bits per heavy atom. The minimum absolute atomic E-state index is 0.194. The zero-order valence-electron chi connectivity index (χ0n) is 20.6. The first kappa shape index (κ1) is 28.0. The molecule has 0 unspecified atom stereocenters. The second-order valence-electron chi connectivity index (χ2n) is 8.01. The lowest BCUT2D eigenvalue weighted by molar-refractivity contribution is -0.137. The molecule has 1 saturated heterocycles. The van der Waals surface area contributed by atoms with Crippen molar-refractivity contribution in [3.05, 3.63) is 82.8 Å². The largest absolute Gasteiger partial charge is 0.497 e. The van der Waals surface area contributed by atoms with Crippen molar-refractivity contribution < 1.29 is 37.0 Å². The first-order chi connectivity index (χ1) is 18.6. The normalized spacial score (nSPS) is 14.5. The number of benzene rings is 3. The maximum atomic E-state index is 13.2. The first-order valence-corrected chi connectivity index (χ1v) is 12.5. The van der Waals surface area contributed by atoms with Gasteiger partial charge >= 0.3 is 6.18 Å². The minimum atomic E-state index is -4.62. The molecule has 1 aliphatic heterocycles. The van der Waals surface area contributed by atoms with Gasteiger partial charge < -0.3 is 19.5 Å². The molecule has 0 bridgehead atoms. The molecule has 12 heteroatoms. The molecule has 0 radical (unpaired) electrons. The van der Waals surface area contributed by atoms with E-state index in [1.54, 1.807) is 49.6 Å². The van der Waals surface area contributed by atoms with Crippen LogP contribution in [0.1, 0.15) is 11.1 Å². The molecule has 0 aliphatic carbocycles. The molecule has 1 aliphatic rings. The highest BCUT2D eigenvalue weighted by Crippen LogP contribution is 2.38. The number of carbonyl (C=O) groups is 2. The van der Waals surface area contributed by atoms with Gasteiger partial charge in [-0.2, -0.15) is 13.2 Å². The number of nitrogens with one attached hydrogen (secondary N) is 1. The van der Waals surface area contributed by atoms with Gasteiger partial charge in [0.2, 0.25) is 0 Å². The molecule has 3 aromatic carbocycles. The third-order valence-corrected chi connectivity index (χ3v) is 6.78. The number of amides is 2. The van der Waals surface area contributed by atoms with Crippen LogP contribution in [0.15, 0.2) is 71.6 Å². The molecule has 2 amide bonds. The fourth-order valence-corrected chi connectivity index (χ4v) is 4.93. The Balaban J connectivity index is 1.45. The highest BCUT2D eigenvalue weighted by Gasteiger charge is 2.34. The van der Waals surface area contributed by atoms with Crippen molar-refractivity contribution in [2.75, 3.05) is 31.0 Å². The van der Waals surface area contributed by atoms with Gasteiger partial charge in [-0.15, -0.1) is 0 Å². The zero-order valence-corrected chi connectivity index (χ0v) is 22.2. The molecular weight excluding hydrogens is 553 g/mol. The van der Waals surface area contributed by atoms with E-state index in [9.17, 15) is 22.8 Å². The van der Waals surface area contributed by atoms with Crippen LogP contribution >= 0.6 is 24.0 Å². The summed E-state index contributed by atoms with van der Waals surface area (Å²) in [5.41, 5.74) is -0.109. The highest BCUT2D eigenvalue weighted by atomic mass is 32.2. The van der Waals surface area contributed by atoms with Crippen LogP contribution in [0.2, 0.25) is 0 Å². The number of rotatable bonds is 8. The third kappa shape index (κ3) is 6.52. The molecule has 0 aromatic heterocycles. The molecule has 0 spiro atoms. The molecule has 39 heavy (non-hydrogen) atoms. The van der Waals surface area contributed by atoms with Crippen molar-refractivity contribution in [2.45, 2.75) is 6.18 Å². The number of methoxy groups -OCH3 is 2. The average molecular weight is 575 g/mol. The number of thioether (sulfide) groups is 1. The van der Waals surface area contributed by atoms with Gasteiger partial charge in [-0.25, -0.2) is 0 Å². The lowest BCUT2D eigenvalue weighted by atomic mass is 10.1. The predicted molar refractivity (Wildman–Crippen MR) is 147 cm³/mol. The molecule has 0 atom stereocenters. The maximum Gasteiger partial charge on any atom is 0.418 e. The Labute approximate surface area is 231 Å². The third-order valence-electron chi connectivity index (χ3n) is 5.48. The van der Waals surface area contributed by atoms with E-state index in [4.69, 9.17) is 26.4 Å². The Bertz CT molecular complexity index is 1440. The summed E-state index contributed by atoms with van der Waals surface area (Å²) in [4.78, 5) is 27.2. The molecule has 4 rings (SSSR count). The van der Waals surface area contributed by atoms with E-state index < -0.39 is 24.3 Å². The number of carbonyl (C=O) groups excluding carboxylic acids is 2. The summed E-state index contributed by atoms with van der Waals surface area (Å²) in [5.74, 6) is 0.0422.